The van der Waals surface area contributed by atoms with Gasteiger partial charge in [0.1, 0.15) is 5.76 Å². The van der Waals surface area contributed by atoms with E-state index in [9.17, 15) is 0 Å². The predicted octanol–water partition coefficient (Wildman–Crippen LogP) is 1.65. The third-order valence-electron chi connectivity index (χ3n) is 1.90. The Labute approximate surface area is 77.7 Å². The largest absolute Gasteiger partial charge is 0.467 e. The second-order valence-corrected chi connectivity index (χ2v) is 2.76. The number of hydrogen-bond acceptors (Lipinski definition) is 3. The lowest BCUT2D eigenvalue weighted by Crippen LogP contribution is -2.13. The van der Waals surface area contributed by atoms with E-state index in [-0.39, 0.29) is 12.1 Å². The van der Waals surface area contributed by atoms with Crippen LogP contribution in [0.4, 0.5) is 0 Å². The third-order valence-corrected chi connectivity index (χ3v) is 1.90. The van der Waals surface area contributed by atoms with Gasteiger partial charge in [0.25, 0.3) is 0 Å². The van der Waals surface area contributed by atoms with E-state index in [2.05, 4.69) is 13.2 Å². The van der Waals surface area contributed by atoms with Gasteiger partial charge in [-0.15, -0.1) is 13.2 Å². The maximum Gasteiger partial charge on any atom is 0.129 e. The minimum absolute atomic E-state index is 0.236. The summed E-state index contributed by atoms with van der Waals surface area (Å²) in [5.74, 6) is 0.655. The Balaban J connectivity index is 3.01. The van der Waals surface area contributed by atoms with Gasteiger partial charge in [0.2, 0.25) is 0 Å². The van der Waals surface area contributed by atoms with Crippen molar-refractivity contribution in [2.75, 3.05) is 0 Å². The van der Waals surface area contributed by atoms with Crippen LogP contribution in [0.2, 0.25) is 0 Å². The van der Waals surface area contributed by atoms with Gasteiger partial charge in [-0.1, -0.05) is 12.2 Å². The summed E-state index contributed by atoms with van der Waals surface area (Å²) in [4.78, 5) is 0. The molecule has 4 N–H and O–H groups in total. The van der Waals surface area contributed by atoms with Gasteiger partial charge in [-0.05, 0) is 6.07 Å². The number of nitrogens with two attached hydrogens (primary N) is 2. The van der Waals surface area contributed by atoms with Crippen molar-refractivity contribution >= 4 is 0 Å². The molecule has 0 aliphatic heterocycles. The summed E-state index contributed by atoms with van der Waals surface area (Å²) >= 11 is 0. The zero-order valence-electron chi connectivity index (χ0n) is 7.44. The summed E-state index contributed by atoms with van der Waals surface area (Å²) in [7, 11) is 0. The fourth-order valence-electron chi connectivity index (χ4n) is 1.11. The highest BCUT2D eigenvalue weighted by Crippen LogP contribution is 2.23. The smallest absolute Gasteiger partial charge is 0.129 e. The number of hydrogen-bond donors (Lipinski definition) is 2. The Morgan fingerprint density at radius 3 is 2.38 bits per heavy atom. The Morgan fingerprint density at radius 1 is 1.23 bits per heavy atom. The first-order chi connectivity index (χ1) is 6.20. The molecule has 0 aromatic carbocycles. The summed E-state index contributed by atoms with van der Waals surface area (Å²) in [6, 6.07) is 1.25. The number of rotatable bonds is 4. The van der Waals surface area contributed by atoms with E-state index in [1.807, 2.05) is 0 Å². The van der Waals surface area contributed by atoms with Crippen LogP contribution in [0.15, 0.2) is 42.1 Å². The molecule has 1 aromatic heterocycles. The maximum atomic E-state index is 5.76. The Kier molecular flexibility index (Phi) is 3.06. The Morgan fingerprint density at radius 2 is 1.85 bits per heavy atom. The first-order valence-electron chi connectivity index (χ1n) is 4.04. The zero-order valence-corrected chi connectivity index (χ0v) is 7.44. The predicted molar refractivity (Wildman–Crippen MR) is 53.0 cm³/mol. The van der Waals surface area contributed by atoms with E-state index >= 15 is 0 Å². The molecule has 1 aromatic rings. The highest BCUT2D eigenvalue weighted by molar-refractivity contribution is 5.28. The van der Waals surface area contributed by atoms with Crippen LogP contribution in [0, 0.1) is 0 Å². The summed E-state index contributed by atoms with van der Waals surface area (Å²) in [5.41, 5.74) is 12.4. The van der Waals surface area contributed by atoms with Crippen LogP contribution in [0.25, 0.3) is 0 Å². The molecule has 0 saturated carbocycles. The molecular weight excluding hydrogens is 164 g/mol. The van der Waals surface area contributed by atoms with Crippen molar-refractivity contribution in [3.63, 3.8) is 0 Å². The molecule has 2 atom stereocenters. The van der Waals surface area contributed by atoms with Crippen molar-refractivity contribution in [1.29, 1.82) is 0 Å². The first-order valence-corrected chi connectivity index (χ1v) is 4.04. The van der Waals surface area contributed by atoms with Crippen molar-refractivity contribution in [2.24, 2.45) is 11.5 Å². The van der Waals surface area contributed by atoms with Crippen molar-refractivity contribution in [2.45, 2.75) is 12.1 Å². The van der Waals surface area contributed by atoms with Gasteiger partial charge in [-0.2, -0.15) is 0 Å². The molecule has 3 nitrogen and oxygen atoms in total. The summed E-state index contributed by atoms with van der Waals surface area (Å²) in [5, 5.41) is 0. The summed E-state index contributed by atoms with van der Waals surface area (Å²) in [6.07, 6.45) is 4.82. The highest BCUT2D eigenvalue weighted by atomic mass is 16.3. The highest BCUT2D eigenvalue weighted by Gasteiger charge is 2.15. The van der Waals surface area contributed by atoms with Crippen LogP contribution in [0.1, 0.15) is 23.4 Å². The van der Waals surface area contributed by atoms with Gasteiger partial charge in [-0.3, -0.25) is 0 Å². The molecule has 0 radical (unpaired) electrons. The van der Waals surface area contributed by atoms with E-state index in [4.69, 9.17) is 15.9 Å². The van der Waals surface area contributed by atoms with Gasteiger partial charge in [0.15, 0.2) is 0 Å². The lowest BCUT2D eigenvalue weighted by Gasteiger charge is -2.09. The SMILES string of the molecule is C=CC(N)c1ccoc1C(N)C=C. The molecule has 0 spiro atoms. The van der Waals surface area contributed by atoms with Crippen molar-refractivity contribution in [3.8, 4) is 0 Å². The number of furan rings is 1. The lowest BCUT2D eigenvalue weighted by molar-refractivity contribution is 0.487. The van der Waals surface area contributed by atoms with Gasteiger partial charge >= 0.3 is 0 Å². The fraction of sp³-hybridized carbons (Fsp3) is 0.200. The maximum absolute atomic E-state index is 5.76. The molecule has 0 aliphatic rings. The van der Waals surface area contributed by atoms with Crippen LogP contribution >= 0.6 is 0 Å². The molecule has 0 fully saturated rings. The molecule has 2 unspecified atom stereocenters. The van der Waals surface area contributed by atoms with Crippen molar-refractivity contribution in [1.82, 2.24) is 0 Å². The summed E-state index contributed by atoms with van der Waals surface area (Å²) in [6.45, 7) is 7.20. The van der Waals surface area contributed by atoms with E-state index in [1.165, 1.54) is 0 Å². The minimum atomic E-state index is -0.309. The molecule has 1 rings (SSSR count). The second-order valence-electron chi connectivity index (χ2n) is 2.76. The average molecular weight is 178 g/mol. The molecule has 70 valence electrons. The van der Waals surface area contributed by atoms with Crippen LogP contribution in [-0.4, -0.2) is 0 Å². The molecule has 0 amide bonds. The van der Waals surface area contributed by atoms with Crippen LogP contribution < -0.4 is 11.5 Å². The molecule has 3 heteroatoms. The van der Waals surface area contributed by atoms with E-state index in [0.29, 0.717) is 5.76 Å². The van der Waals surface area contributed by atoms with Crippen molar-refractivity contribution in [3.05, 3.63) is 49.0 Å². The van der Waals surface area contributed by atoms with Crippen LogP contribution in [-0.2, 0) is 0 Å². The van der Waals surface area contributed by atoms with Gasteiger partial charge in [0.05, 0.1) is 18.3 Å². The first kappa shape index (κ1) is 9.77. The van der Waals surface area contributed by atoms with Crippen LogP contribution in [0.3, 0.4) is 0 Å². The van der Waals surface area contributed by atoms with Crippen molar-refractivity contribution < 1.29 is 4.42 Å². The fourth-order valence-corrected chi connectivity index (χ4v) is 1.11. The zero-order chi connectivity index (χ0) is 9.84. The Bertz CT molecular complexity index is 275. The minimum Gasteiger partial charge on any atom is -0.467 e. The standard InChI is InChI=1S/C10H14N2O/c1-3-8(11)7-5-6-13-10(7)9(12)4-2/h3-6,8-9H,1-2,11-12H2. The molecule has 0 saturated heterocycles. The molecular formula is C10H14N2O. The van der Waals surface area contributed by atoms with E-state index in [0.717, 1.165) is 5.56 Å². The monoisotopic (exact) mass is 178 g/mol. The third kappa shape index (κ3) is 1.88. The Hall–Kier alpha value is -1.32. The normalized spacial score (nSPS) is 14.9. The molecule has 1 heterocycles. The summed E-state index contributed by atoms with van der Waals surface area (Å²) < 4.78 is 5.22. The topological polar surface area (TPSA) is 65.2 Å². The second kappa shape index (κ2) is 4.07. The van der Waals surface area contributed by atoms with E-state index in [1.54, 1.807) is 24.5 Å². The van der Waals surface area contributed by atoms with Gasteiger partial charge in [0, 0.05) is 5.56 Å². The van der Waals surface area contributed by atoms with Gasteiger partial charge < -0.3 is 15.9 Å². The molecule has 13 heavy (non-hydrogen) atoms. The quantitative estimate of drug-likeness (QED) is 0.689. The molecule has 0 bridgehead atoms. The van der Waals surface area contributed by atoms with E-state index < -0.39 is 0 Å². The average Bonchev–Trinajstić information content (AvgIpc) is 2.63. The van der Waals surface area contributed by atoms with Crippen LogP contribution in [0.5, 0.6) is 0 Å². The molecule has 0 aliphatic carbocycles. The lowest BCUT2D eigenvalue weighted by atomic mass is 10.0. The van der Waals surface area contributed by atoms with Gasteiger partial charge in [-0.25, -0.2) is 0 Å².